The van der Waals surface area contributed by atoms with Crippen LogP contribution in [0.25, 0.3) is 10.9 Å². The van der Waals surface area contributed by atoms with Gasteiger partial charge in [0.25, 0.3) is 5.56 Å². The summed E-state index contributed by atoms with van der Waals surface area (Å²) in [7, 11) is 0. The second-order valence-electron chi connectivity index (χ2n) is 10.1. The van der Waals surface area contributed by atoms with Crippen molar-refractivity contribution in [3.63, 3.8) is 0 Å². The summed E-state index contributed by atoms with van der Waals surface area (Å²) in [6.07, 6.45) is 6.71. The van der Waals surface area contributed by atoms with Gasteiger partial charge in [-0.15, -0.1) is 16.4 Å². The lowest BCUT2D eigenvalue weighted by Gasteiger charge is -2.33. The summed E-state index contributed by atoms with van der Waals surface area (Å²) in [6.45, 7) is 4.23. The van der Waals surface area contributed by atoms with E-state index < -0.39 is 0 Å². The Bertz CT molecular complexity index is 1370. The van der Waals surface area contributed by atoms with Gasteiger partial charge in [0.05, 0.1) is 17.7 Å². The number of nitrogens with one attached hydrogen (secondary N) is 1. The molecular weight excluding hydrogens is 472 g/mol. The van der Waals surface area contributed by atoms with Crippen molar-refractivity contribution in [3.05, 3.63) is 74.0 Å². The molecule has 9 heteroatoms. The molecule has 3 aromatic heterocycles. The van der Waals surface area contributed by atoms with E-state index in [9.17, 15) is 4.79 Å². The maximum absolute atomic E-state index is 13.7. The summed E-state index contributed by atoms with van der Waals surface area (Å²) in [5.74, 6) is 0.744. The number of hydrogen-bond donors (Lipinski definition) is 1. The molecule has 1 aliphatic carbocycles. The number of rotatable bonds is 8. The monoisotopic (exact) mass is 504 g/mol. The first-order chi connectivity index (χ1) is 17.7. The molecule has 0 radical (unpaired) electrons. The summed E-state index contributed by atoms with van der Waals surface area (Å²) in [5.41, 5.74) is 2.52. The maximum Gasteiger partial charge on any atom is 0.253 e. The van der Waals surface area contributed by atoms with Crippen LogP contribution in [0.5, 0.6) is 0 Å². The van der Waals surface area contributed by atoms with Crippen molar-refractivity contribution >= 4 is 22.2 Å². The van der Waals surface area contributed by atoms with E-state index in [-0.39, 0.29) is 23.7 Å². The average molecular weight is 505 g/mol. The van der Waals surface area contributed by atoms with Crippen LogP contribution in [-0.2, 0) is 11.3 Å². The van der Waals surface area contributed by atoms with Crippen molar-refractivity contribution in [1.82, 2.24) is 30.1 Å². The fourth-order valence-electron chi connectivity index (χ4n) is 5.81. The van der Waals surface area contributed by atoms with Crippen LogP contribution in [0.2, 0.25) is 0 Å². The largest absolute Gasteiger partial charge is 0.377 e. The molecule has 1 N–H and O–H groups in total. The number of thiophene rings is 1. The number of nitrogens with zero attached hydrogens (tertiary/aromatic N) is 5. The van der Waals surface area contributed by atoms with Crippen molar-refractivity contribution in [2.24, 2.45) is 0 Å². The SMILES string of the molecule is Cc1cccc2cc([C@H](c3nnnn3C3CCCC3)N(Cc3cccs3)C[C@@H]3CCCO3)c(=O)[nH]c12. The minimum atomic E-state index is -0.388. The van der Waals surface area contributed by atoms with E-state index in [0.717, 1.165) is 54.6 Å². The van der Waals surface area contributed by atoms with Gasteiger partial charge in [-0.3, -0.25) is 9.69 Å². The Balaban J connectivity index is 1.51. The Morgan fingerprint density at radius 3 is 2.86 bits per heavy atom. The fourth-order valence-corrected chi connectivity index (χ4v) is 6.54. The molecule has 4 aromatic rings. The highest BCUT2D eigenvalue weighted by Gasteiger charge is 2.35. The maximum atomic E-state index is 13.7. The third-order valence-electron chi connectivity index (χ3n) is 7.61. The van der Waals surface area contributed by atoms with Crippen molar-refractivity contribution < 1.29 is 4.74 Å². The predicted octanol–water partition coefficient (Wildman–Crippen LogP) is 4.77. The summed E-state index contributed by atoms with van der Waals surface area (Å²) in [6, 6.07) is 12.3. The third-order valence-corrected chi connectivity index (χ3v) is 8.47. The highest BCUT2D eigenvalue weighted by atomic mass is 32.1. The number of tetrazole rings is 1. The first kappa shape index (κ1) is 23.5. The van der Waals surface area contributed by atoms with E-state index in [1.165, 1.54) is 17.7 Å². The molecule has 0 bridgehead atoms. The molecule has 2 aliphatic rings. The van der Waals surface area contributed by atoms with Gasteiger partial charge in [0, 0.05) is 30.1 Å². The Hall–Kier alpha value is -2.88. The molecule has 2 atom stereocenters. The minimum absolute atomic E-state index is 0.0914. The van der Waals surface area contributed by atoms with E-state index in [0.29, 0.717) is 18.7 Å². The molecule has 0 unspecified atom stereocenters. The molecule has 6 rings (SSSR count). The van der Waals surface area contributed by atoms with Crippen molar-refractivity contribution in [2.45, 2.75) is 70.2 Å². The van der Waals surface area contributed by atoms with Crippen LogP contribution in [0.15, 0.2) is 46.6 Å². The first-order valence-corrected chi connectivity index (χ1v) is 13.8. The zero-order chi connectivity index (χ0) is 24.5. The van der Waals surface area contributed by atoms with E-state index in [2.05, 4.69) is 49.0 Å². The lowest BCUT2D eigenvalue weighted by atomic mass is 10.0. The summed E-state index contributed by atoms with van der Waals surface area (Å²) in [4.78, 5) is 20.5. The number of ether oxygens (including phenoxy) is 1. The Labute approximate surface area is 214 Å². The number of hydrogen-bond acceptors (Lipinski definition) is 7. The quantitative estimate of drug-likeness (QED) is 0.372. The molecule has 0 spiro atoms. The Kier molecular flexibility index (Phi) is 6.69. The highest BCUT2D eigenvalue weighted by molar-refractivity contribution is 7.09. The van der Waals surface area contributed by atoms with Gasteiger partial charge in [-0.05, 0) is 71.5 Å². The standard InChI is InChI=1S/C27H32N6O2S/c1-18-7-4-8-19-15-23(27(34)28-24(18)19)25(26-29-30-31-33(26)20-9-2-3-10-20)32(16-21-11-5-13-35-21)17-22-12-6-14-36-22/h4,6-8,12,14-15,20-21,25H,2-3,5,9-11,13,16-17H2,1H3,(H,28,34)/t21-,25+/m0/s1. The van der Waals surface area contributed by atoms with Crippen LogP contribution in [0.1, 0.15) is 72.4 Å². The molecular formula is C27H32N6O2S. The third kappa shape index (κ3) is 4.63. The smallest absolute Gasteiger partial charge is 0.253 e. The molecule has 36 heavy (non-hydrogen) atoms. The van der Waals surface area contributed by atoms with Gasteiger partial charge in [-0.25, -0.2) is 4.68 Å². The van der Waals surface area contributed by atoms with Crippen LogP contribution < -0.4 is 5.56 Å². The number of H-pyrrole nitrogens is 1. The van der Waals surface area contributed by atoms with Crippen LogP contribution in [0.4, 0.5) is 0 Å². The molecule has 0 amide bonds. The number of aryl methyl sites for hydroxylation is 1. The molecule has 2 fully saturated rings. The summed E-state index contributed by atoms with van der Waals surface area (Å²) in [5, 5.41) is 16.3. The van der Waals surface area contributed by atoms with Crippen LogP contribution >= 0.6 is 11.3 Å². The molecule has 1 saturated heterocycles. The van der Waals surface area contributed by atoms with Crippen LogP contribution in [0, 0.1) is 6.92 Å². The molecule has 8 nitrogen and oxygen atoms in total. The van der Waals surface area contributed by atoms with E-state index in [4.69, 9.17) is 4.74 Å². The van der Waals surface area contributed by atoms with Crippen LogP contribution in [0.3, 0.4) is 0 Å². The van der Waals surface area contributed by atoms with Gasteiger partial charge in [0.2, 0.25) is 0 Å². The zero-order valence-corrected chi connectivity index (χ0v) is 21.4. The minimum Gasteiger partial charge on any atom is -0.377 e. The lowest BCUT2D eigenvalue weighted by molar-refractivity contribution is 0.0574. The fraction of sp³-hybridized carbons (Fsp3) is 0.481. The lowest BCUT2D eigenvalue weighted by Crippen LogP contribution is -2.39. The molecule has 1 aromatic carbocycles. The average Bonchev–Trinajstić information content (AvgIpc) is 3.68. The van der Waals surface area contributed by atoms with Gasteiger partial charge in [0.1, 0.15) is 6.04 Å². The predicted molar refractivity (Wildman–Crippen MR) is 140 cm³/mol. The van der Waals surface area contributed by atoms with Gasteiger partial charge in [0.15, 0.2) is 5.82 Å². The number of benzene rings is 1. The topological polar surface area (TPSA) is 88.9 Å². The number of para-hydroxylation sites is 1. The molecule has 188 valence electrons. The van der Waals surface area contributed by atoms with Gasteiger partial charge < -0.3 is 9.72 Å². The van der Waals surface area contributed by atoms with E-state index in [1.807, 2.05) is 29.8 Å². The number of fused-ring (bicyclic) bond motifs is 1. The van der Waals surface area contributed by atoms with Gasteiger partial charge >= 0.3 is 0 Å². The summed E-state index contributed by atoms with van der Waals surface area (Å²) < 4.78 is 8.06. The molecule has 1 aliphatic heterocycles. The van der Waals surface area contributed by atoms with Gasteiger partial charge in [-0.2, -0.15) is 0 Å². The number of aromatic amines is 1. The first-order valence-electron chi connectivity index (χ1n) is 13.0. The second-order valence-corrected chi connectivity index (χ2v) is 11.1. The van der Waals surface area contributed by atoms with Gasteiger partial charge in [-0.1, -0.05) is 37.1 Å². The highest BCUT2D eigenvalue weighted by Crippen LogP contribution is 2.35. The van der Waals surface area contributed by atoms with Crippen molar-refractivity contribution in [3.8, 4) is 0 Å². The van der Waals surface area contributed by atoms with E-state index in [1.54, 1.807) is 11.3 Å². The summed E-state index contributed by atoms with van der Waals surface area (Å²) >= 11 is 1.73. The van der Waals surface area contributed by atoms with Crippen LogP contribution in [-0.4, -0.2) is 49.3 Å². The van der Waals surface area contributed by atoms with Crippen molar-refractivity contribution in [2.75, 3.05) is 13.2 Å². The molecule has 1 saturated carbocycles. The zero-order valence-electron chi connectivity index (χ0n) is 20.6. The number of aromatic nitrogens is 5. The second kappa shape index (κ2) is 10.2. The Morgan fingerprint density at radius 2 is 2.08 bits per heavy atom. The van der Waals surface area contributed by atoms with Crippen molar-refractivity contribution in [1.29, 1.82) is 0 Å². The molecule has 4 heterocycles. The normalized spacial score (nSPS) is 19.6. The van der Waals surface area contributed by atoms with E-state index >= 15 is 0 Å². The number of pyridine rings is 1. The Morgan fingerprint density at radius 1 is 1.19 bits per heavy atom.